The molecular formula is C22H23F3N4O3S. The van der Waals surface area contributed by atoms with Gasteiger partial charge in [0, 0.05) is 42.6 Å². The zero-order valence-corrected chi connectivity index (χ0v) is 18.7. The molecule has 0 unspecified atom stereocenters. The highest BCUT2D eigenvalue weighted by atomic mass is 32.1. The summed E-state index contributed by atoms with van der Waals surface area (Å²) in [6, 6.07) is 1.76. The summed E-state index contributed by atoms with van der Waals surface area (Å²) in [5.41, 5.74) is 1.14. The minimum Gasteiger partial charge on any atom is -0.499 e. The van der Waals surface area contributed by atoms with Crippen molar-refractivity contribution in [3.63, 3.8) is 0 Å². The molecule has 33 heavy (non-hydrogen) atoms. The van der Waals surface area contributed by atoms with Gasteiger partial charge in [-0.3, -0.25) is 9.48 Å². The van der Waals surface area contributed by atoms with Gasteiger partial charge < -0.3 is 19.8 Å². The van der Waals surface area contributed by atoms with E-state index in [2.05, 4.69) is 26.7 Å². The first-order valence-corrected chi connectivity index (χ1v) is 10.8. The van der Waals surface area contributed by atoms with Crippen LogP contribution in [0.2, 0.25) is 0 Å². The maximum Gasteiger partial charge on any atom is 0.266 e. The number of aromatic amines is 1. The van der Waals surface area contributed by atoms with Crippen LogP contribution in [0.25, 0.3) is 27.6 Å². The number of rotatable bonds is 7. The zero-order chi connectivity index (χ0) is 23.8. The van der Waals surface area contributed by atoms with Gasteiger partial charge in [-0.05, 0) is 12.1 Å². The number of fused-ring (bicyclic) bond motifs is 2. The number of pyridine rings is 1. The van der Waals surface area contributed by atoms with E-state index in [0.29, 0.717) is 38.1 Å². The quantitative estimate of drug-likeness (QED) is 0.300. The van der Waals surface area contributed by atoms with Crippen LogP contribution in [0.3, 0.4) is 0 Å². The molecule has 2 N–H and O–H groups in total. The van der Waals surface area contributed by atoms with Gasteiger partial charge in [-0.25, -0.2) is 13.2 Å². The van der Waals surface area contributed by atoms with E-state index in [9.17, 15) is 18.0 Å². The summed E-state index contributed by atoms with van der Waals surface area (Å²) in [7, 11) is 1.63. The summed E-state index contributed by atoms with van der Waals surface area (Å²) >= 11 is 0.928. The van der Waals surface area contributed by atoms with Crippen molar-refractivity contribution in [1.82, 2.24) is 20.1 Å². The Bertz CT molecular complexity index is 1210. The second kappa shape index (κ2) is 11.6. The number of nitrogens with one attached hydrogen (secondary N) is 2. The average Bonchev–Trinajstić information content (AvgIpc) is 3.41. The fourth-order valence-corrected chi connectivity index (χ4v) is 4.06. The highest BCUT2D eigenvalue weighted by Gasteiger charge is 2.21. The van der Waals surface area contributed by atoms with Crippen molar-refractivity contribution in [2.75, 3.05) is 26.9 Å². The lowest BCUT2D eigenvalue weighted by Gasteiger charge is -2.13. The number of thiophene rings is 1. The molecule has 1 aliphatic rings. The van der Waals surface area contributed by atoms with Crippen LogP contribution in [0.15, 0.2) is 47.3 Å². The topological polar surface area (TPSA) is 81.2 Å². The SMILES string of the molecule is C=COCCOC.O=c1[nH]c(-c2cc3n(n2)CCNC3)c(C=C(F)/C=C/F)c2c(F)csc12. The Hall–Kier alpha value is -3.15. The minimum atomic E-state index is -0.904. The van der Waals surface area contributed by atoms with Crippen LogP contribution in [0.4, 0.5) is 13.2 Å². The second-order valence-corrected chi connectivity index (χ2v) is 7.68. The van der Waals surface area contributed by atoms with Gasteiger partial charge in [0.25, 0.3) is 5.56 Å². The summed E-state index contributed by atoms with van der Waals surface area (Å²) in [6.07, 6.45) is 3.07. The van der Waals surface area contributed by atoms with E-state index in [4.69, 9.17) is 4.74 Å². The number of H-pyrrole nitrogens is 1. The maximum absolute atomic E-state index is 14.3. The third-order valence-corrected chi connectivity index (χ3v) is 5.63. The number of hydrogen-bond donors (Lipinski definition) is 2. The van der Waals surface area contributed by atoms with Crippen molar-refractivity contribution in [2.45, 2.75) is 13.1 Å². The number of nitrogens with zero attached hydrogens (tertiary/aromatic N) is 2. The van der Waals surface area contributed by atoms with Crippen molar-refractivity contribution in [2.24, 2.45) is 0 Å². The van der Waals surface area contributed by atoms with E-state index in [0.717, 1.165) is 29.7 Å². The van der Waals surface area contributed by atoms with Crippen LogP contribution < -0.4 is 10.9 Å². The standard InChI is InChI=1S/C17H13F3N4OS.C5H10O2/c18-2-1-9(19)5-11-14-12(20)8-26-16(14)17(25)22-15(11)13-6-10-7-21-3-4-24(10)23-13;1-3-7-5-4-6-2/h1-2,5-6,8,21H,3-4,7H2,(H,22,25);3H,1,4-5H2,2H3/b2-1+,9-5?;. The molecule has 3 aromatic heterocycles. The molecule has 4 rings (SSSR count). The molecule has 0 atom stereocenters. The Morgan fingerprint density at radius 2 is 2.24 bits per heavy atom. The fraction of sp³-hybridized carbons (Fsp3) is 0.273. The third kappa shape index (κ3) is 5.81. The summed E-state index contributed by atoms with van der Waals surface area (Å²) in [5.74, 6) is -1.54. The van der Waals surface area contributed by atoms with Crippen molar-refractivity contribution < 1.29 is 22.6 Å². The first-order chi connectivity index (χ1) is 16.0. The number of ether oxygens (including phenoxy) is 2. The molecule has 0 saturated heterocycles. The predicted molar refractivity (Wildman–Crippen MR) is 123 cm³/mol. The van der Waals surface area contributed by atoms with E-state index < -0.39 is 17.2 Å². The molecule has 11 heteroatoms. The number of halogens is 3. The van der Waals surface area contributed by atoms with Gasteiger partial charge in [0.05, 0.1) is 37.1 Å². The number of hydrogen-bond acceptors (Lipinski definition) is 6. The van der Waals surface area contributed by atoms with Crippen LogP contribution in [-0.2, 0) is 22.6 Å². The van der Waals surface area contributed by atoms with Crippen LogP contribution in [0.1, 0.15) is 11.3 Å². The summed E-state index contributed by atoms with van der Waals surface area (Å²) < 4.78 is 51.9. The largest absolute Gasteiger partial charge is 0.499 e. The van der Waals surface area contributed by atoms with Gasteiger partial charge in [-0.15, -0.1) is 11.3 Å². The summed E-state index contributed by atoms with van der Waals surface area (Å²) in [4.78, 5) is 15.0. The molecule has 0 bridgehead atoms. The van der Waals surface area contributed by atoms with Gasteiger partial charge in [0.1, 0.15) is 28.6 Å². The number of aromatic nitrogens is 3. The van der Waals surface area contributed by atoms with Gasteiger partial charge in [0.15, 0.2) is 0 Å². The van der Waals surface area contributed by atoms with Gasteiger partial charge >= 0.3 is 0 Å². The Kier molecular flexibility index (Phi) is 8.64. The Morgan fingerprint density at radius 1 is 1.42 bits per heavy atom. The molecule has 176 valence electrons. The summed E-state index contributed by atoms with van der Waals surface area (Å²) in [5, 5.41) is 8.83. The van der Waals surface area contributed by atoms with Crippen LogP contribution >= 0.6 is 11.3 Å². The normalized spacial score (nSPS) is 13.6. The Balaban J connectivity index is 0.000000383. The second-order valence-electron chi connectivity index (χ2n) is 6.80. The average molecular weight is 481 g/mol. The lowest BCUT2D eigenvalue weighted by atomic mass is 10.1. The molecule has 0 aliphatic carbocycles. The third-order valence-electron chi connectivity index (χ3n) is 4.68. The molecule has 0 aromatic carbocycles. The lowest BCUT2D eigenvalue weighted by Crippen LogP contribution is -2.28. The smallest absolute Gasteiger partial charge is 0.266 e. The van der Waals surface area contributed by atoms with E-state index in [-0.39, 0.29) is 27.7 Å². The van der Waals surface area contributed by atoms with Crippen molar-refractivity contribution in [3.05, 3.63) is 69.9 Å². The molecule has 0 amide bonds. The number of methoxy groups -OCH3 is 1. The van der Waals surface area contributed by atoms with Crippen molar-refractivity contribution in [1.29, 1.82) is 0 Å². The van der Waals surface area contributed by atoms with E-state index in [1.807, 2.05) is 0 Å². The first-order valence-electron chi connectivity index (χ1n) is 9.96. The zero-order valence-electron chi connectivity index (χ0n) is 17.9. The predicted octanol–water partition coefficient (Wildman–Crippen LogP) is 4.28. The highest BCUT2D eigenvalue weighted by molar-refractivity contribution is 7.17. The molecule has 0 saturated carbocycles. The molecule has 0 radical (unpaired) electrons. The van der Waals surface area contributed by atoms with Gasteiger partial charge in [-0.1, -0.05) is 6.58 Å². The van der Waals surface area contributed by atoms with E-state index in [1.165, 1.54) is 11.6 Å². The van der Waals surface area contributed by atoms with Crippen molar-refractivity contribution in [3.8, 4) is 11.4 Å². The molecular weight excluding hydrogens is 457 g/mol. The highest BCUT2D eigenvalue weighted by Crippen LogP contribution is 2.33. The van der Waals surface area contributed by atoms with E-state index >= 15 is 0 Å². The molecule has 1 aliphatic heterocycles. The fourth-order valence-electron chi connectivity index (χ4n) is 3.24. The first kappa shape index (κ1) is 24.5. The van der Waals surface area contributed by atoms with E-state index in [1.54, 1.807) is 17.9 Å². The molecule has 7 nitrogen and oxygen atoms in total. The molecule has 0 fully saturated rings. The Labute approximate surface area is 191 Å². The lowest BCUT2D eigenvalue weighted by molar-refractivity contribution is 0.124. The Morgan fingerprint density at radius 3 is 2.94 bits per heavy atom. The van der Waals surface area contributed by atoms with Crippen LogP contribution in [0.5, 0.6) is 0 Å². The van der Waals surface area contributed by atoms with Crippen LogP contribution in [0, 0.1) is 5.82 Å². The van der Waals surface area contributed by atoms with Crippen LogP contribution in [-0.4, -0.2) is 41.6 Å². The van der Waals surface area contributed by atoms with Gasteiger partial charge in [0.2, 0.25) is 0 Å². The van der Waals surface area contributed by atoms with Crippen molar-refractivity contribution >= 4 is 27.5 Å². The maximum atomic E-state index is 14.3. The molecule has 3 aromatic rings. The summed E-state index contributed by atoms with van der Waals surface area (Å²) in [6.45, 7) is 6.60. The minimum absolute atomic E-state index is 0.000236. The molecule has 0 spiro atoms. The monoisotopic (exact) mass is 480 g/mol. The number of allylic oxidation sites excluding steroid dienone is 2. The van der Waals surface area contributed by atoms with Gasteiger partial charge in [-0.2, -0.15) is 5.10 Å². The molecule has 4 heterocycles.